The van der Waals surface area contributed by atoms with Gasteiger partial charge in [0.25, 0.3) is 11.6 Å². The summed E-state index contributed by atoms with van der Waals surface area (Å²) in [4.78, 5) is 26.2. The molecule has 0 saturated heterocycles. The molecule has 0 aliphatic carbocycles. The number of hydrogen-bond acceptors (Lipinski definition) is 7. The summed E-state index contributed by atoms with van der Waals surface area (Å²) in [6, 6.07) is 7.86. The van der Waals surface area contributed by atoms with Gasteiger partial charge in [-0.1, -0.05) is 5.16 Å². The number of hydrogen-bond donors (Lipinski definition) is 1. The first-order valence-electron chi connectivity index (χ1n) is 8.27. The number of amides is 1. The Kier molecular flexibility index (Phi) is 5.77. The molecule has 29 heavy (non-hydrogen) atoms. The largest absolute Gasteiger partial charge is 0.497 e. The van der Waals surface area contributed by atoms with E-state index in [1.807, 2.05) is 0 Å². The van der Waals surface area contributed by atoms with Crippen LogP contribution < -0.4 is 10.1 Å². The summed E-state index contributed by atoms with van der Waals surface area (Å²) in [5.74, 6) is -1.97. The average Bonchev–Trinajstić information content (AvgIpc) is 3.17. The Balaban J connectivity index is 1.65. The van der Waals surface area contributed by atoms with Crippen LogP contribution in [0.4, 0.5) is 20.2 Å². The van der Waals surface area contributed by atoms with Crippen LogP contribution in [-0.4, -0.2) is 28.1 Å². The molecule has 0 aliphatic heterocycles. The van der Waals surface area contributed by atoms with Crippen LogP contribution in [0, 0.1) is 21.7 Å². The standard InChI is InChI=1S/C18H14F2N4O5/c1-28-12-4-2-10(3-5-12)18-21-15(23-29-18)6-7-16(25)22-17-13(20)8-11(19)9-14(17)24(26)27/h2-5,8-9H,6-7H2,1H3,(H,22,25). The Labute approximate surface area is 162 Å². The SMILES string of the molecule is COc1ccc(-c2nc(CCC(=O)Nc3c(F)cc(F)cc3[N+](=O)[O-])no2)cc1. The van der Waals surface area contributed by atoms with Crippen molar-refractivity contribution in [2.75, 3.05) is 12.4 Å². The summed E-state index contributed by atoms with van der Waals surface area (Å²) in [7, 11) is 1.54. The Morgan fingerprint density at radius 1 is 1.28 bits per heavy atom. The minimum Gasteiger partial charge on any atom is -0.497 e. The molecule has 0 fully saturated rings. The van der Waals surface area contributed by atoms with E-state index in [-0.39, 0.29) is 24.6 Å². The third-order valence-corrected chi connectivity index (χ3v) is 3.88. The maximum absolute atomic E-state index is 13.8. The number of aromatic nitrogens is 2. The molecule has 0 spiro atoms. The zero-order valence-electron chi connectivity index (χ0n) is 15.0. The molecule has 1 aromatic heterocycles. The predicted molar refractivity (Wildman–Crippen MR) is 96.2 cm³/mol. The fraction of sp³-hybridized carbons (Fsp3) is 0.167. The molecule has 0 aliphatic rings. The van der Waals surface area contributed by atoms with Crippen LogP contribution in [0.3, 0.4) is 0 Å². The average molecular weight is 404 g/mol. The maximum Gasteiger partial charge on any atom is 0.298 e. The number of ether oxygens (including phenoxy) is 1. The number of nitro groups is 1. The van der Waals surface area contributed by atoms with Gasteiger partial charge >= 0.3 is 0 Å². The lowest BCUT2D eigenvalue weighted by molar-refractivity contribution is -0.384. The van der Waals surface area contributed by atoms with Crippen LogP contribution >= 0.6 is 0 Å². The summed E-state index contributed by atoms with van der Waals surface area (Å²) in [6.07, 6.45) is -0.155. The van der Waals surface area contributed by atoms with E-state index < -0.39 is 33.8 Å². The van der Waals surface area contributed by atoms with E-state index in [0.717, 1.165) is 0 Å². The molecule has 3 aromatic rings. The zero-order chi connectivity index (χ0) is 21.0. The fourth-order valence-electron chi connectivity index (χ4n) is 2.46. The molecule has 2 aromatic carbocycles. The number of anilines is 1. The number of benzene rings is 2. The molecule has 11 heteroatoms. The molecular formula is C18H14F2N4O5. The number of nitrogens with zero attached hydrogens (tertiary/aromatic N) is 3. The van der Waals surface area contributed by atoms with Gasteiger partial charge in [0.05, 0.1) is 18.1 Å². The van der Waals surface area contributed by atoms with Gasteiger partial charge in [0.15, 0.2) is 17.3 Å². The summed E-state index contributed by atoms with van der Waals surface area (Å²) in [5, 5.41) is 16.8. The van der Waals surface area contributed by atoms with Crippen LogP contribution in [0.2, 0.25) is 0 Å². The highest BCUT2D eigenvalue weighted by atomic mass is 19.1. The minimum absolute atomic E-state index is 0.0437. The first-order chi connectivity index (χ1) is 13.9. The molecule has 0 radical (unpaired) electrons. The van der Waals surface area contributed by atoms with Crippen molar-refractivity contribution in [3.63, 3.8) is 0 Å². The molecule has 1 heterocycles. The fourth-order valence-corrected chi connectivity index (χ4v) is 2.46. The molecule has 0 saturated carbocycles. The predicted octanol–water partition coefficient (Wildman–Crippen LogP) is 3.50. The number of aryl methyl sites for hydroxylation is 1. The molecule has 0 bridgehead atoms. The highest BCUT2D eigenvalue weighted by Gasteiger charge is 2.22. The summed E-state index contributed by atoms with van der Waals surface area (Å²) < 4.78 is 37.2. The van der Waals surface area contributed by atoms with Crippen molar-refractivity contribution in [2.24, 2.45) is 0 Å². The van der Waals surface area contributed by atoms with Crippen LogP contribution in [0.15, 0.2) is 40.9 Å². The van der Waals surface area contributed by atoms with E-state index in [0.29, 0.717) is 23.4 Å². The summed E-state index contributed by atoms with van der Waals surface area (Å²) >= 11 is 0. The van der Waals surface area contributed by atoms with E-state index in [2.05, 4.69) is 15.5 Å². The zero-order valence-corrected chi connectivity index (χ0v) is 15.0. The Bertz CT molecular complexity index is 1050. The normalized spacial score (nSPS) is 10.6. The highest BCUT2D eigenvalue weighted by Crippen LogP contribution is 2.29. The van der Waals surface area contributed by atoms with Crippen molar-refractivity contribution in [1.29, 1.82) is 0 Å². The number of halogens is 2. The lowest BCUT2D eigenvalue weighted by Crippen LogP contribution is -2.15. The van der Waals surface area contributed by atoms with E-state index in [4.69, 9.17) is 9.26 Å². The summed E-state index contributed by atoms with van der Waals surface area (Å²) in [6.45, 7) is 0. The molecule has 0 atom stereocenters. The Hall–Kier alpha value is -3.89. The van der Waals surface area contributed by atoms with Gasteiger partial charge in [0.1, 0.15) is 11.6 Å². The smallest absolute Gasteiger partial charge is 0.298 e. The molecule has 1 N–H and O–H groups in total. The van der Waals surface area contributed by atoms with Crippen molar-refractivity contribution < 1.29 is 27.8 Å². The van der Waals surface area contributed by atoms with Gasteiger partial charge in [-0.15, -0.1) is 0 Å². The highest BCUT2D eigenvalue weighted by molar-refractivity contribution is 5.93. The first-order valence-corrected chi connectivity index (χ1v) is 8.27. The van der Waals surface area contributed by atoms with E-state index in [1.165, 1.54) is 7.11 Å². The molecular weight excluding hydrogens is 390 g/mol. The van der Waals surface area contributed by atoms with Crippen molar-refractivity contribution in [3.05, 3.63) is 64.0 Å². The minimum atomic E-state index is -1.24. The van der Waals surface area contributed by atoms with Gasteiger partial charge in [-0.05, 0) is 24.3 Å². The topological polar surface area (TPSA) is 120 Å². The number of nitrogens with one attached hydrogen (secondary N) is 1. The Morgan fingerprint density at radius 3 is 2.66 bits per heavy atom. The number of carbonyl (C=O) groups excluding carboxylic acids is 1. The molecule has 150 valence electrons. The van der Waals surface area contributed by atoms with Crippen LogP contribution in [0.5, 0.6) is 5.75 Å². The van der Waals surface area contributed by atoms with Crippen molar-refractivity contribution in [3.8, 4) is 17.2 Å². The second-order valence-corrected chi connectivity index (χ2v) is 5.83. The van der Waals surface area contributed by atoms with E-state index in [1.54, 1.807) is 24.3 Å². The number of rotatable bonds is 7. The number of methoxy groups -OCH3 is 1. The summed E-state index contributed by atoms with van der Waals surface area (Å²) in [5.41, 5.74) is -0.927. The van der Waals surface area contributed by atoms with Gasteiger partial charge in [-0.3, -0.25) is 14.9 Å². The van der Waals surface area contributed by atoms with Crippen molar-refractivity contribution >= 4 is 17.3 Å². The van der Waals surface area contributed by atoms with E-state index >= 15 is 0 Å². The molecule has 0 unspecified atom stereocenters. The van der Waals surface area contributed by atoms with Crippen molar-refractivity contribution in [1.82, 2.24) is 10.1 Å². The van der Waals surface area contributed by atoms with Gasteiger partial charge in [-0.2, -0.15) is 4.98 Å². The molecule has 1 amide bonds. The van der Waals surface area contributed by atoms with Gasteiger partial charge in [0, 0.05) is 24.5 Å². The van der Waals surface area contributed by atoms with Gasteiger partial charge < -0.3 is 14.6 Å². The molecule has 9 nitrogen and oxygen atoms in total. The Morgan fingerprint density at radius 2 is 2.00 bits per heavy atom. The molecule has 3 rings (SSSR count). The second-order valence-electron chi connectivity index (χ2n) is 5.83. The number of carbonyl (C=O) groups is 1. The number of nitro benzene ring substituents is 1. The maximum atomic E-state index is 13.8. The van der Waals surface area contributed by atoms with Gasteiger partial charge in [-0.25, -0.2) is 8.78 Å². The van der Waals surface area contributed by atoms with Gasteiger partial charge in [0.2, 0.25) is 5.91 Å². The third-order valence-electron chi connectivity index (χ3n) is 3.88. The lowest BCUT2D eigenvalue weighted by atomic mass is 10.2. The third kappa shape index (κ3) is 4.69. The second kappa shape index (κ2) is 8.42. The lowest BCUT2D eigenvalue weighted by Gasteiger charge is -2.06. The van der Waals surface area contributed by atoms with Crippen LogP contribution in [0.1, 0.15) is 12.2 Å². The monoisotopic (exact) mass is 404 g/mol. The first kappa shape index (κ1) is 19.9. The van der Waals surface area contributed by atoms with Crippen LogP contribution in [-0.2, 0) is 11.2 Å². The van der Waals surface area contributed by atoms with Crippen molar-refractivity contribution in [2.45, 2.75) is 12.8 Å². The van der Waals surface area contributed by atoms with Crippen LogP contribution in [0.25, 0.3) is 11.5 Å². The quantitative estimate of drug-likeness (QED) is 0.472. The van der Waals surface area contributed by atoms with E-state index in [9.17, 15) is 23.7 Å².